The van der Waals surface area contributed by atoms with E-state index in [1.54, 1.807) is 0 Å². The van der Waals surface area contributed by atoms with Crippen molar-refractivity contribution in [3.63, 3.8) is 0 Å². The van der Waals surface area contributed by atoms with Gasteiger partial charge in [0, 0.05) is 0 Å². The second-order valence-corrected chi connectivity index (χ2v) is 3.56. The molecule has 0 aromatic heterocycles. The van der Waals surface area contributed by atoms with E-state index in [0.717, 1.165) is 5.56 Å². The molecule has 0 amide bonds. The summed E-state index contributed by atoms with van der Waals surface area (Å²) in [6, 6.07) is 9.87. The highest BCUT2D eigenvalue weighted by molar-refractivity contribution is 5.72. The van der Waals surface area contributed by atoms with E-state index >= 15 is 0 Å². The Balaban J connectivity index is 2.37. The van der Waals surface area contributed by atoms with Gasteiger partial charge in [-0.1, -0.05) is 42.5 Å². The molecule has 0 aliphatic heterocycles. The van der Waals surface area contributed by atoms with Crippen LogP contribution >= 0.6 is 0 Å². The van der Waals surface area contributed by atoms with Crippen LogP contribution in [0.2, 0.25) is 0 Å². The minimum Gasteiger partial charge on any atom is -0.463 e. The van der Waals surface area contributed by atoms with Crippen LogP contribution in [0.4, 0.5) is 0 Å². The highest BCUT2D eigenvalue weighted by Gasteiger charge is 2.01. The maximum Gasteiger partial charge on any atom is 0.309 e. The van der Waals surface area contributed by atoms with Gasteiger partial charge in [0.1, 0.15) is 0 Å². The molecule has 0 spiro atoms. The third kappa shape index (κ3) is 5.01. The van der Waals surface area contributed by atoms with Crippen LogP contribution in [0.1, 0.15) is 25.8 Å². The molecule has 0 atom stereocenters. The molecule has 2 nitrogen and oxygen atoms in total. The van der Waals surface area contributed by atoms with Crippen LogP contribution in [-0.4, -0.2) is 12.1 Å². The van der Waals surface area contributed by atoms with Crippen LogP contribution in [0.25, 0.3) is 6.08 Å². The van der Waals surface area contributed by atoms with Crippen molar-refractivity contribution in [2.75, 3.05) is 0 Å². The van der Waals surface area contributed by atoms with Crippen LogP contribution in [0.15, 0.2) is 36.4 Å². The Morgan fingerprint density at radius 3 is 2.60 bits per heavy atom. The molecule has 80 valence electrons. The van der Waals surface area contributed by atoms with E-state index in [0.29, 0.717) is 6.42 Å². The lowest BCUT2D eigenvalue weighted by molar-refractivity contribution is -0.146. The van der Waals surface area contributed by atoms with Crippen LogP contribution in [0, 0.1) is 0 Å². The molecule has 0 N–H and O–H groups in total. The molecule has 2 heteroatoms. The van der Waals surface area contributed by atoms with Gasteiger partial charge in [-0.05, 0) is 19.4 Å². The van der Waals surface area contributed by atoms with Crippen molar-refractivity contribution in [2.24, 2.45) is 0 Å². The fourth-order valence-electron chi connectivity index (χ4n) is 1.17. The summed E-state index contributed by atoms with van der Waals surface area (Å²) in [6.45, 7) is 3.69. The fraction of sp³-hybridized carbons (Fsp3) is 0.308. The number of hydrogen-bond donors (Lipinski definition) is 0. The molecular formula is C13H16O2. The molecule has 1 aromatic carbocycles. The Kier molecular flexibility index (Phi) is 4.61. The number of ether oxygens (including phenoxy) is 1. The van der Waals surface area contributed by atoms with Gasteiger partial charge >= 0.3 is 5.97 Å². The maximum atomic E-state index is 11.2. The van der Waals surface area contributed by atoms with Gasteiger partial charge in [0.25, 0.3) is 0 Å². The molecule has 1 rings (SSSR count). The smallest absolute Gasteiger partial charge is 0.309 e. The number of rotatable bonds is 4. The van der Waals surface area contributed by atoms with E-state index in [4.69, 9.17) is 4.74 Å². The lowest BCUT2D eigenvalue weighted by atomic mass is 10.2. The van der Waals surface area contributed by atoms with Gasteiger partial charge in [-0.15, -0.1) is 0 Å². The Labute approximate surface area is 90.6 Å². The summed E-state index contributed by atoms with van der Waals surface area (Å²) in [6.07, 6.45) is 4.02. The molecule has 15 heavy (non-hydrogen) atoms. The minimum absolute atomic E-state index is 0.0392. The molecule has 0 heterocycles. The average molecular weight is 204 g/mol. The minimum atomic E-state index is -0.183. The molecule has 0 unspecified atom stereocenters. The average Bonchev–Trinajstić information content (AvgIpc) is 2.18. The van der Waals surface area contributed by atoms with Crippen LogP contribution < -0.4 is 0 Å². The van der Waals surface area contributed by atoms with Crippen molar-refractivity contribution in [1.29, 1.82) is 0 Å². The molecule has 0 radical (unpaired) electrons. The summed E-state index contributed by atoms with van der Waals surface area (Å²) in [7, 11) is 0. The molecule has 0 bridgehead atoms. The predicted octanol–water partition coefficient (Wildman–Crippen LogP) is 3.04. The summed E-state index contributed by atoms with van der Waals surface area (Å²) in [5.41, 5.74) is 1.09. The highest BCUT2D eigenvalue weighted by Crippen LogP contribution is 2.02. The van der Waals surface area contributed by atoms with Crippen molar-refractivity contribution in [3.05, 3.63) is 42.0 Å². The predicted molar refractivity (Wildman–Crippen MR) is 61.3 cm³/mol. The molecule has 1 aromatic rings. The van der Waals surface area contributed by atoms with Gasteiger partial charge in [-0.2, -0.15) is 0 Å². The van der Waals surface area contributed by atoms with Crippen molar-refractivity contribution < 1.29 is 9.53 Å². The second-order valence-electron chi connectivity index (χ2n) is 3.56. The molecular weight excluding hydrogens is 188 g/mol. The SMILES string of the molecule is CC(C)OC(=O)C/C=C/c1ccccc1. The summed E-state index contributed by atoms with van der Waals surface area (Å²) < 4.78 is 5.00. The molecule has 0 fully saturated rings. The zero-order valence-electron chi connectivity index (χ0n) is 9.14. The quantitative estimate of drug-likeness (QED) is 0.705. The van der Waals surface area contributed by atoms with Crippen molar-refractivity contribution in [3.8, 4) is 0 Å². The summed E-state index contributed by atoms with van der Waals surface area (Å²) in [4.78, 5) is 11.2. The van der Waals surface area contributed by atoms with Crippen LogP contribution in [-0.2, 0) is 9.53 Å². The van der Waals surface area contributed by atoms with Crippen molar-refractivity contribution >= 4 is 12.0 Å². The number of esters is 1. The normalized spacial score (nSPS) is 10.9. The topological polar surface area (TPSA) is 26.3 Å². The van der Waals surface area contributed by atoms with Crippen LogP contribution in [0.3, 0.4) is 0 Å². The molecule has 0 saturated carbocycles. The molecule has 0 aliphatic carbocycles. The van der Waals surface area contributed by atoms with E-state index in [1.165, 1.54) is 0 Å². The highest BCUT2D eigenvalue weighted by atomic mass is 16.5. The monoisotopic (exact) mass is 204 g/mol. The summed E-state index contributed by atoms with van der Waals surface area (Å²) in [5, 5.41) is 0. The van der Waals surface area contributed by atoms with Crippen molar-refractivity contribution in [1.82, 2.24) is 0 Å². The van der Waals surface area contributed by atoms with Gasteiger partial charge < -0.3 is 4.74 Å². The Hall–Kier alpha value is -1.57. The fourth-order valence-corrected chi connectivity index (χ4v) is 1.17. The zero-order chi connectivity index (χ0) is 11.1. The second kappa shape index (κ2) is 6.02. The summed E-state index contributed by atoms with van der Waals surface area (Å²) in [5.74, 6) is -0.183. The van der Waals surface area contributed by atoms with Gasteiger partial charge in [-0.3, -0.25) is 4.79 Å². The van der Waals surface area contributed by atoms with E-state index in [9.17, 15) is 4.79 Å². The maximum absolute atomic E-state index is 11.2. The van der Waals surface area contributed by atoms with E-state index < -0.39 is 0 Å². The first-order valence-electron chi connectivity index (χ1n) is 5.09. The first-order valence-corrected chi connectivity index (χ1v) is 5.09. The van der Waals surface area contributed by atoms with Gasteiger partial charge in [0.15, 0.2) is 0 Å². The lowest BCUT2D eigenvalue weighted by Crippen LogP contribution is -2.09. The molecule has 0 aliphatic rings. The van der Waals surface area contributed by atoms with E-state index in [2.05, 4.69) is 0 Å². The number of hydrogen-bond acceptors (Lipinski definition) is 2. The van der Waals surface area contributed by atoms with Crippen LogP contribution in [0.5, 0.6) is 0 Å². The van der Waals surface area contributed by atoms with Crippen molar-refractivity contribution in [2.45, 2.75) is 26.4 Å². The number of carbonyl (C=O) groups is 1. The number of benzene rings is 1. The first kappa shape index (κ1) is 11.5. The first-order chi connectivity index (χ1) is 7.18. The summed E-state index contributed by atoms with van der Waals surface area (Å²) >= 11 is 0. The Morgan fingerprint density at radius 2 is 2.00 bits per heavy atom. The largest absolute Gasteiger partial charge is 0.463 e. The molecule has 0 saturated heterocycles. The standard InChI is InChI=1S/C13H16O2/c1-11(2)15-13(14)10-6-9-12-7-4-3-5-8-12/h3-9,11H,10H2,1-2H3/b9-6+. The Bertz CT molecular complexity index is 326. The van der Waals surface area contributed by atoms with Gasteiger partial charge in [0.2, 0.25) is 0 Å². The Morgan fingerprint density at radius 1 is 1.33 bits per heavy atom. The zero-order valence-corrected chi connectivity index (χ0v) is 9.14. The van der Waals surface area contributed by atoms with Gasteiger partial charge in [-0.25, -0.2) is 0 Å². The van der Waals surface area contributed by atoms with Gasteiger partial charge in [0.05, 0.1) is 12.5 Å². The van der Waals surface area contributed by atoms with E-state index in [-0.39, 0.29) is 12.1 Å². The third-order valence-electron chi connectivity index (χ3n) is 1.76. The lowest BCUT2D eigenvalue weighted by Gasteiger charge is -2.05. The third-order valence-corrected chi connectivity index (χ3v) is 1.76. The number of carbonyl (C=O) groups excluding carboxylic acids is 1. The van der Waals surface area contributed by atoms with E-state index in [1.807, 2.05) is 56.3 Å².